The fraction of sp³-hybridized carbons (Fsp3) is 0.0625. The van der Waals surface area contributed by atoms with Gasteiger partial charge in [-0.3, -0.25) is 0 Å². The number of hydrogen-bond acceptors (Lipinski definition) is 0. The first kappa shape index (κ1) is 28.4. The minimum Gasteiger partial charge on any atom is -1.00 e. The number of hydrogen-bond donors (Lipinski definition) is 0. The van der Waals surface area contributed by atoms with E-state index in [1.165, 1.54) is 22.3 Å². The van der Waals surface area contributed by atoms with Gasteiger partial charge in [-0.1, -0.05) is 0 Å². The van der Waals surface area contributed by atoms with Crippen LogP contribution in [0.5, 0.6) is 0 Å². The summed E-state index contributed by atoms with van der Waals surface area (Å²) >= 11 is -0.778. The van der Waals surface area contributed by atoms with Crippen LogP contribution in [0.1, 0.15) is 33.6 Å². The van der Waals surface area contributed by atoms with Gasteiger partial charge in [-0.05, 0) is 0 Å². The van der Waals surface area contributed by atoms with Gasteiger partial charge in [0, 0.05) is 0 Å². The number of allylic oxidation sites excluding steroid dienone is 4. The van der Waals surface area contributed by atoms with Crippen LogP contribution in [0, 0.1) is 0 Å². The smallest absolute Gasteiger partial charge is 1.00 e. The van der Waals surface area contributed by atoms with E-state index in [0.29, 0.717) is 11.3 Å². The van der Waals surface area contributed by atoms with Crippen LogP contribution < -0.4 is 24.8 Å². The van der Waals surface area contributed by atoms with Crippen LogP contribution in [-0.4, -0.2) is 10.6 Å². The summed E-state index contributed by atoms with van der Waals surface area (Å²) in [5.74, 6) is 0. The topological polar surface area (TPSA) is 0 Å². The Bertz CT molecular complexity index is 1340. The molecule has 2 heterocycles. The van der Waals surface area contributed by atoms with E-state index in [1.807, 2.05) is 0 Å². The third-order valence-corrected chi connectivity index (χ3v) is 33.9. The van der Waals surface area contributed by atoms with Crippen molar-refractivity contribution >= 4 is 20.3 Å². The van der Waals surface area contributed by atoms with E-state index in [4.69, 9.17) is 0 Å². The maximum atomic E-state index is 2.54. The zero-order valence-corrected chi connectivity index (χ0v) is 26.2. The molecule has 0 aliphatic carbocycles. The molecule has 0 bridgehead atoms. The van der Waals surface area contributed by atoms with Crippen molar-refractivity contribution in [1.29, 1.82) is 0 Å². The van der Waals surface area contributed by atoms with Gasteiger partial charge in [-0.15, -0.1) is 0 Å². The summed E-state index contributed by atoms with van der Waals surface area (Å²) in [7, 11) is 0. The molecule has 4 atom stereocenters. The van der Waals surface area contributed by atoms with Gasteiger partial charge in [0.2, 0.25) is 0 Å². The molecule has 4 aromatic rings. The molecule has 2 aliphatic heterocycles. The van der Waals surface area contributed by atoms with E-state index in [2.05, 4.69) is 146 Å². The Labute approximate surface area is 244 Å². The Morgan fingerprint density at radius 3 is 1.11 bits per heavy atom. The fourth-order valence-corrected chi connectivity index (χ4v) is 38.9. The second kappa shape index (κ2) is 13.5. The van der Waals surface area contributed by atoms with Crippen molar-refractivity contribution in [1.82, 2.24) is 0 Å². The molecule has 0 nitrogen and oxygen atoms in total. The first-order chi connectivity index (χ1) is 17.4. The maximum Gasteiger partial charge on any atom is -1.00 e. The van der Waals surface area contributed by atoms with E-state index in [-0.39, 0.29) is 24.8 Å². The molecule has 0 amide bonds. The zero-order valence-electron chi connectivity index (χ0n) is 20.3. The predicted octanol–water partition coefficient (Wildman–Crippen LogP) is 2.40. The Morgan fingerprint density at radius 1 is 0.432 bits per heavy atom. The van der Waals surface area contributed by atoms with Crippen molar-refractivity contribution < 1.29 is 46.9 Å². The minimum absolute atomic E-state index is 0. The van der Waals surface area contributed by atoms with E-state index < -0.39 is 31.7 Å². The molecule has 184 valence electrons. The van der Waals surface area contributed by atoms with Crippen molar-refractivity contribution in [3.8, 4) is 0 Å². The fourth-order valence-electron chi connectivity index (χ4n) is 5.14. The molecule has 0 saturated heterocycles. The van der Waals surface area contributed by atoms with Crippen LogP contribution >= 0.6 is 9.68 Å². The van der Waals surface area contributed by atoms with Crippen LogP contribution in [0.4, 0.5) is 0 Å². The van der Waals surface area contributed by atoms with Crippen LogP contribution in [0.15, 0.2) is 146 Å². The summed E-state index contributed by atoms with van der Waals surface area (Å²) in [4.78, 5) is -1.39. The van der Waals surface area contributed by atoms with E-state index in [1.54, 1.807) is 10.6 Å². The van der Waals surface area contributed by atoms with Crippen LogP contribution in [0.25, 0.3) is 0 Å². The standard InChI is InChI=1S/2C16H13P.2ClH.Zr/c2*1-3-7-13(8-4-1)15-11-12-16(17-15)14-9-5-2-6-10-14;;;/h2*1-12,15H;2*1H;. The van der Waals surface area contributed by atoms with Crippen molar-refractivity contribution in [3.63, 3.8) is 0 Å². The van der Waals surface area contributed by atoms with Crippen molar-refractivity contribution in [2.75, 3.05) is 0 Å². The Morgan fingerprint density at radius 2 is 0.757 bits per heavy atom. The Kier molecular flexibility index (Phi) is 10.4. The summed E-state index contributed by atoms with van der Waals surface area (Å²) in [6, 6.07) is 45.0. The van der Waals surface area contributed by atoms with Gasteiger partial charge in [0.25, 0.3) is 0 Å². The average molecular weight is 637 g/mol. The van der Waals surface area contributed by atoms with Gasteiger partial charge in [-0.25, -0.2) is 0 Å². The molecule has 0 saturated carbocycles. The summed E-state index contributed by atoms with van der Waals surface area (Å²) in [6.45, 7) is 0. The van der Waals surface area contributed by atoms with E-state index >= 15 is 0 Å². The van der Waals surface area contributed by atoms with Gasteiger partial charge in [0.1, 0.15) is 0 Å². The summed E-state index contributed by atoms with van der Waals surface area (Å²) in [6.07, 6.45) is 10.1. The number of benzene rings is 4. The minimum atomic E-state index is -0.778. The van der Waals surface area contributed by atoms with Gasteiger partial charge < -0.3 is 24.8 Å². The molecule has 0 N–H and O–H groups in total. The molecule has 0 radical (unpaired) electrons. The number of rotatable bonds is 6. The molecular weight excluding hydrogens is 608 g/mol. The summed E-state index contributed by atoms with van der Waals surface area (Å²) in [5.41, 5.74) is 7.10. The van der Waals surface area contributed by atoms with Gasteiger partial charge in [-0.2, -0.15) is 0 Å². The number of halogens is 2. The molecule has 6 rings (SSSR count). The van der Waals surface area contributed by atoms with Crippen molar-refractivity contribution in [2.45, 2.75) is 11.3 Å². The van der Waals surface area contributed by atoms with Crippen molar-refractivity contribution in [3.05, 3.63) is 168 Å². The largest absolute Gasteiger partial charge is 1.00 e. The van der Waals surface area contributed by atoms with Crippen LogP contribution in [0.3, 0.4) is 0 Å². The molecule has 4 unspecified atom stereocenters. The Balaban J connectivity index is 0.00000160. The average Bonchev–Trinajstić information content (AvgIpc) is 3.55. The first-order valence-electron chi connectivity index (χ1n) is 12.2. The molecule has 0 spiro atoms. The monoisotopic (exact) mass is 634 g/mol. The van der Waals surface area contributed by atoms with Gasteiger partial charge in [0.05, 0.1) is 0 Å². The summed E-state index contributed by atoms with van der Waals surface area (Å²) in [5, 5.41) is 3.33. The Hall–Kier alpha value is -1.58. The molecule has 4 aromatic carbocycles. The summed E-state index contributed by atoms with van der Waals surface area (Å²) < 4.78 is 0. The normalized spacial score (nSPS) is 21.7. The second-order valence-corrected chi connectivity index (χ2v) is 27.5. The molecule has 0 aromatic heterocycles. The second-order valence-electron chi connectivity index (χ2n) is 9.01. The maximum absolute atomic E-state index is 2.54. The quantitative estimate of drug-likeness (QED) is 0.286. The third-order valence-electron chi connectivity index (χ3n) is 6.87. The SMILES string of the molecule is C1=CC(c2ccccc2)[PH]([Zr+2][PH]2=C(c3ccccc3)C=CC2c2ccccc2)=C1c1ccccc1.[Cl-].[Cl-]. The third kappa shape index (κ3) is 6.20. The molecule has 37 heavy (non-hydrogen) atoms. The predicted molar refractivity (Wildman–Crippen MR) is 154 cm³/mol. The molecule has 5 heteroatoms. The van der Waals surface area contributed by atoms with E-state index in [0.717, 1.165) is 0 Å². The van der Waals surface area contributed by atoms with Gasteiger partial charge in [0.15, 0.2) is 0 Å². The zero-order chi connectivity index (χ0) is 23.5. The van der Waals surface area contributed by atoms with Crippen LogP contribution in [-0.2, 0) is 22.1 Å². The van der Waals surface area contributed by atoms with Crippen LogP contribution in [0.2, 0.25) is 0 Å². The first-order valence-corrected chi connectivity index (χ1v) is 22.7. The molecule has 0 fully saturated rings. The van der Waals surface area contributed by atoms with Crippen molar-refractivity contribution in [2.24, 2.45) is 0 Å². The van der Waals surface area contributed by atoms with Gasteiger partial charge >= 0.3 is 222 Å². The molecule has 2 aliphatic rings. The molecular formula is C32H28Cl2P2Zr. The van der Waals surface area contributed by atoms with E-state index in [9.17, 15) is 0 Å².